The van der Waals surface area contributed by atoms with E-state index in [0.717, 1.165) is 12.8 Å². The predicted octanol–water partition coefficient (Wildman–Crippen LogP) is 3.41. The number of fused-ring (bicyclic) bond motifs is 1. The zero-order valence-electron chi connectivity index (χ0n) is 15.6. The monoisotopic (exact) mass is 338 g/mol. The quantitative estimate of drug-likeness (QED) is 0.448. The summed E-state index contributed by atoms with van der Waals surface area (Å²) in [6, 6.07) is 0. The van der Waals surface area contributed by atoms with Crippen molar-refractivity contribution in [3.8, 4) is 0 Å². The number of esters is 2. The lowest BCUT2D eigenvalue weighted by Crippen LogP contribution is -2.45. The fraction of sp³-hybridized carbons (Fsp3) is 0.789. The summed E-state index contributed by atoms with van der Waals surface area (Å²) in [7, 11) is 0. The van der Waals surface area contributed by atoms with Gasteiger partial charge in [0.15, 0.2) is 0 Å². The number of allylic oxidation sites excluding steroid dienone is 1. The number of carbonyl (C=O) groups is 2. The molecule has 1 fully saturated rings. The Morgan fingerprint density at radius 3 is 2.42 bits per heavy atom. The molecule has 1 aliphatic carbocycles. The van der Waals surface area contributed by atoms with Crippen molar-refractivity contribution in [2.24, 2.45) is 11.8 Å². The molecule has 24 heavy (non-hydrogen) atoms. The van der Waals surface area contributed by atoms with Crippen LogP contribution in [0.1, 0.15) is 60.8 Å². The second kappa shape index (κ2) is 7.26. The maximum atomic E-state index is 11.7. The number of epoxide rings is 1. The number of carbonyl (C=O) groups excluding carboxylic acids is 2. The van der Waals surface area contributed by atoms with Gasteiger partial charge in [-0.25, -0.2) is 0 Å². The Bertz CT molecular complexity index is 524. The van der Waals surface area contributed by atoms with E-state index in [0.29, 0.717) is 6.42 Å². The van der Waals surface area contributed by atoms with Crippen LogP contribution in [0.4, 0.5) is 0 Å². The molecule has 1 aliphatic heterocycles. The number of hydrogen-bond acceptors (Lipinski definition) is 5. The molecule has 0 aromatic heterocycles. The van der Waals surface area contributed by atoms with Crippen LogP contribution in [0.25, 0.3) is 0 Å². The SMILES string of the molecule is CC(=O)O[C@@H]1[C@@H](C(C)C)[C@@H](OC(C)=O)C/C(C)=C\CC[C@@]2(C)O[C@@H]12. The highest BCUT2D eigenvalue weighted by Gasteiger charge is 2.60. The molecule has 0 saturated carbocycles. The summed E-state index contributed by atoms with van der Waals surface area (Å²) in [5.74, 6) is -0.559. The van der Waals surface area contributed by atoms with Gasteiger partial charge in [0.2, 0.25) is 0 Å². The highest BCUT2D eigenvalue weighted by Crippen LogP contribution is 2.48. The molecule has 136 valence electrons. The Balaban J connectivity index is 2.40. The van der Waals surface area contributed by atoms with Crippen LogP contribution < -0.4 is 0 Å². The summed E-state index contributed by atoms with van der Waals surface area (Å²) in [4.78, 5) is 23.3. The first kappa shape index (κ1) is 19.0. The summed E-state index contributed by atoms with van der Waals surface area (Å²) >= 11 is 0. The Morgan fingerprint density at radius 1 is 1.25 bits per heavy atom. The molecule has 0 aromatic rings. The molecule has 0 bridgehead atoms. The first-order valence-corrected chi connectivity index (χ1v) is 8.82. The molecular formula is C19H30O5. The van der Waals surface area contributed by atoms with Gasteiger partial charge in [0.25, 0.3) is 0 Å². The Morgan fingerprint density at radius 2 is 1.88 bits per heavy atom. The first-order chi connectivity index (χ1) is 11.1. The maximum Gasteiger partial charge on any atom is 0.303 e. The van der Waals surface area contributed by atoms with Crippen molar-refractivity contribution < 1.29 is 23.8 Å². The third-order valence-corrected chi connectivity index (χ3v) is 5.09. The third-order valence-electron chi connectivity index (χ3n) is 5.09. The van der Waals surface area contributed by atoms with E-state index in [1.165, 1.54) is 19.4 Å². The van der Waals surface area contributed by atoms with E-state index < -0.39 is 6.10 Å². The molecule has 2 rings (SSSR count). The van der Waals surface area contributed by atoms with E-state index in [2.05, 4.69) is 33.8 Å². The van der Waals surface area contributed by atoms with E-state index in [1.54, 1.807) is 0 Å². The lowest BCUT2D eigenvalue weighted by Gasteiger charge is -2.36. The molecule has 1 saturated heterocycles. The minimum atomic E-state index is -0.400. The zero-order valence-corrected chi connectivity index (χ0v) is 15.6. The molecule has 0 radical (unpaired) electrons. The number of hydrogen-bond donors (Lipinski definition) is 0. The topological polar surface area (TPSA) is 65.1 Å². The van der Waals surface area contributed by atoms with Crippen molar-refractivity contribution in [1.29, 1.82) is 0 Å². The molecule has 1 heterocycles. The average Bonchev–Trinajstić information content (AvgIpc) is 3.07. The van der Waals surface area contributed by atoms with Gasteiger partial charge < -0.3 is 14.2 Å². The Kier molecular flexibility index (Phi) is 5.74. The number of ether oxygens (including phenoxy) is 3. The molecule has 0 aromatic carbocycles. The maximum absolute atomic E-state index is 11.7. The van der Waals surface area contributed by atoms with E-state index in [-0.39, 0.29) is 41.6 Å². The molecule has 5 nitrogen and oxygen atoms in total. The lowest BCUT2D eigenvalue weighted by atomic mass is 9.78. The van der Waals surface area contributed by atoms with Crippen molar-refractivity contribution in [3.05, 3.63) is 11.6 Å². The normalized spacial score (nSPS) is 38.5. The second-order valence-corrected chi connectivity index (χ2v) is 7.69. The van der Waals surface area contributed by atoms with E-state index in [9.17, 15) is 9.59 Å². The van der Waals surface area contributed by atoms with Crippen LogP contribution >= 0.6 is 0 Å². The van der Waals surface area contributed by atoms with Crippen molar-refractivity contribution in [3.63, 3.8) is 0 Å². The highest BCUT2D eigenvalue weighted by molar-refractivity contribution is 5.67. The molecule has 5 atom stereocenters. The van der Waals surface area contributed by atoms with Crippen molar-refractivity contribution in [1.82, 2.24) is 0 Å². The van der Waals surface area contributed by atoms with Gasteiger partial charge in [-0.05, 0) is 32.6 Å². The first-order valence-electron chi connectivity index (χ1n) is 8.82. The molecule has 0 N–H and O–H groups in total. The predicted molar refractivity (Wildman–Crippen MR) is 90.3 cm³/mol. The van der Waals surface area contributed by atoms with Crippen LogP contribution in [-0.2, 0) is 23.8 Å². The summed E-state index contributed by atoms with van der Waals surface area (Å²) in [6.45, 7) is 11.1. The van der Waals surface area contributed by atoms with Gasteiger partial charge in [0.05, 0.1) is 5.60 Å². The largest absolute Gasteiger partial charge is 0.462 e. The zero-order chi connectivity index (χ0) is 18.1. The smallest absolute Gasteiger partial charge is 0.303 e. The molecular weight excluding hydrogens is 308 g/mol. The van der Waals surface area contributed by atoms with Crippen LogP contribution in [0.3, 0.4) is 0 Å². The van der Waals surface area contributed by atoms with E-state index in [1.807, 2.05) is 0 Å². The fourth-order valence-electron chi connectivity index (χ4n) is 3.90. The molecule has 5 heteroatoms. The summed E-state index contributed by atoms with van der Waals surface area (Å²) < 4.78 is 17.3. The molecule has 0 spiro atoms. The summed E-state index contributed by atoms with van der Waals surface area (Å²) in [6.07, 6.45) is 3.80. The van der Waals surface area contributed by atoms with Crippen LogP contribution in [0.2, 0.25) is 0 Å². The van der Waals surface area contributed by atoms with Gasteiger partial charge in [-0.2, -0.15) is 0 Å². The van der Waals surface area contributed by atoms with Gasteiger partial charge in [0, 0.05) is 26.2 Å². The van der Waals surface area contributed by atoms with Gasteiger partial charge >= 0.3 is 11.9 Å². The van der Waals surface area contributed by atoms with Crippen LogP contribution in [0.15, 0.2) is 11.6 Å². The molecule has 2 aliphatic rings. The Hall–Kier alpha value is -1.36. The molecule has 0 unspecified atom stereocenters. The summed E-state index contributed by atoms with van der Waals surface area (Å²) in [5.41, 5.74) is 0.915. The van der Waals surface area contributed by atoms with Gasteiger partial charge in [0.1, 0.15) is 18.3 Å². The van der Waals surface area contributed by atoms with Crippen molar-refractivity contribution >= 4 is 11.9 Å². The number of rotatable bonds is 3. The van der Waals surface area contributed by atoms with Gasteiger partial charge in [-0.3, -0.25) is 9.59 Å². The van der Waals surface area contributed by atoms with Gasteiger partial charge in [-0.1, -0.05) is 25.5 Å². The molecule has 0 amide bonds. The minimum Gasteiger partial charge on any atom is -0.462 e. The lowest BCUT2D eigenvalue weighted by molar-refractivity contribution is -0.163. The second-order valence-electron chi connectivity index (χ2n) is 7.69. The Labute approximate surface area is 144 Å². The van der Waals surface area contributed by atoms with Crippen molar-refractivity contribution in [2.75, 3.05) is 0 Å². The fourth-order valence-corrected chi connectivity index (χ4v) is 3.90. The summed E-state index contributed by atoms with van der Waals surface area (Å²) in [5, 5.41) is 0. The van der Waals surface area contributed by atoms with Crippen LogP contribution in [0.5, 0.6) is 0 Å². The third kappa shape index (κ3) is 4.38. The van der Waals surface area contributed by atoms with Crippen LogP contribution in [-0.4, -0.2) is 35.9 Å². The van der Waals surface area contributed by atoms with Gasteiger partial charge in [-0.15, -0.1) is 0 Å². The standard InChI is InChI=1S/C19H30O5/c1-11(2)16-15(22-13(4)20)10-12(3)8-7-9-19(6)18(24-19)17(16)23-14(5)21/h8,11,15-18H,7,9-10H2,1-6H3/b12-8-/t15-,16-,17+,18-,19+/m0/s1. The average molecular weight is 338 g/mol. The van der Waals surface area contributed by atoms with Crippen LogP contribution in [0, 0.1) is 11.8 Å². The van der Waals surface area contributed by atoms with Crippen molar-refractivity contribution in [2.45, 2.75) is 84.7 Å². The van der Waals surface area contributed by atoms with E-state index in [4.69, 9.17) is 14.2 Å². The highest BCUT2D eigenvalue weighted by atomic mass is 16.6. The van der Waals surface area contributed by atoms with E-state index >= 15 is 0 Å². The minimum absolute atomic E-state index is 0.105.